The van der Waals surface area contributed by atoms with Crippen molar-refractivity contribution in [3.63, 3.8) is 0 Å². The van der Waals surface area contributed by atoms with Crippen molar-refractivity contribution in [3.05, 3.63) is 10.8 Å². The minimum atomic E-state index is 0.136. The van der Waals surface area contributed by atoms with Gasteiger partial charge in [-0.3, -0.25) is 4.79 Å². The fraction of sp³-hybridized carbons (Fsp3) is 0.714. The minimum absolute atomic E-state index is 0.136. The van der Waals surface area contributed by atoms with Crippen LogP contribution in [-0.2, 0) is 11.2 Å². The number of aryl methyl sites for hydroxylation is 1. The maximum atomic E-state index is 11.9. The van der Waals surface area contributed by atoms with Gasteiger partial charge in [0.2, 0.25) is 10.9 Å². The number of hydrogen-bond donors (Lipinski definition) is 1. The minimum Gasteiger partial charge on any atom is -0.353 e. The van der Waals surface area contributed by atoms with Crippen LogP contribution in [0.5, 0.6) is 0 Å². The normalized spacial score (nSPS) is 16.1. The van der Waals surface area contributed by atoms with E-state index in [-0.39, 0.29) is 5.91 Å². The lowest BCUT2D eigenvalue weighted by atomic mass is 10.2. The predicted molar refractivity (Wildman–Crippen MR) is 81.5 cm³/mol. The Kier molecular flexibility index (Phi) is 4.19. The molecule has 0 radical (unpaired) electrons. The summed E-state index contributed by atoms with van der Waals surface area (Å²) in [7, 11) is 0. The molecule has 7 heteroatoms. The standard InChI is InChI=1S/C14H21N5OS/c1-9(2)13-16-17-14-19(13)18-12(21-14)8-7-11(20)15-10-5-3-4-6-10/h9-10H,3-8H2,1-2H3,(H,15,20). The molecular formula is C14H21N5OS. The molecule has 2 heterocycles. The van der Waals surface area contributed by atoms with Crippen LogP contribution in [0.4, 0.5) is 0 Å². The topological polar surface area (TPSA) is 72.2 Å². The maximum absolute atomic E-state index is 11.9. The van der Waals surface area contributed by atoms with Gasteiger partial charge in [0, 0.05) is 24.8 Å². The van der Waals surface area contributed by atoms with Gasteiger partial charge in [-0.05, 0) is 12.8 Å². The lowest BCUT2D eigenvalue weighted by molar-refractivity contribution is -0.121. The van der Waals surface area contributed by atoms with Gasteiger partial charge in [-0.15, -0.1) is 10.2 Å². The molecule has 1 fully saturated rings. The van der Waals surface area contributed by atoms with E-state index in [1.54, 1.807) is 4.52 Å². The van der Waals surface area contributed by atoms with Crippen molar-refractivity contribution in [3.8, 4) is 0 Å². The van der Waals surface area contributed by atoms with Crippen molar-refractivity contribution in [2.45, 2.75) is 64.3 Å². The van der Waals surface area contributed by atoms with E-state index in [9.17, 15) is 4.79 Å². The summed E-state index contributed by atoms with van der Waals surface area (Å²) >= 11 is 1.52. The molecular weight excluding hydrogens is 286 g/mol. The number of nitrogens with zero attached hydrogens (tertiary/aromatic N) is 4. The molecule has 0 aliphatic heterocycles. The van der Waals surface area contributed by atoms with Crippen LogP contribution in [0.15, 0.2) is 0 Å². The molecule has 3 rings (SSSR count). The second-order valence-electron chi connectivity index (χ2n) is 5.95. The third kappa shape index (κ3) is 3.23. The number of fused-ring (bicyclic) bond motifs is 1. The van der Waals surface area contributed by atoms with E-state index in [0.29, 0.717) is 24.8 Å². The molecule has 0 atom stereocenters. The molecule has 0 saturated heterocycles. The van der Waals surface area contributed by atoms with E-state index in [0.717, 1.165) is 28.6 Å². The fourth-order valence-corrected chi connectivity index (χ4v) is 3.56. The largest absolute Gasteiger partial charge is 0.353 e. The Balaban J connectivity index is 1.58. The van der Waals surface area contributed by atoms with Gasteiger partial charge in [0.15, 0.2) is 5.82 Å². The third-order valence-electron chi connectivity index (χ3n) is 3.86. The van der Waals surface area contributed by atoms with E-state index < -0.39 is 0 Å². The molecule has 2 aromatic rings. The highest BCUT2D eigenvalue weighted by Gasteiger charge is 2.18. The Morgan fingerprint density at radius 1 is 1.38 bits per heavy atom. The van der Waals surface area contributed by atoms with Crippen LogP contribution in [0, 0.1) is 0 Å². The average Bonchev–Trinajstić information content (AvgIpc) is 3.11. The zero-order valence-corrected chi connectivity index (χ0v) is 13.3. The summed E-state index contributed by atoms with van der Waals surface area (Å²) in [5, 5.41) is 16.9. The van der Waals surface area contributed by atoms with Crippen molar-refractivity contribution < 1.29 is 4.79 Å². The Morgan fingerprint density at radius 2 is 2.14 bits per heavy atom. The number of amides is 1. The quantitative estimate of drug-likeness (QED) is 0.920. The maximum Gasteiger partial charge on any atom is 0.234 e. The van der Waals surface area contributed by atoms with Crippen molar-refractivity contribution in [1.29, 1.82) is 0 Å². The van der Waals surface area contributed by atoms with Gasteiger partial charge in [-0.1, -0.05) is 38.0 Å². The van der Waals surface area contributed by atoms with E-state index in [4.69, 9.17) is 0 Å². The fourth-order valence-electron chi connectivity index (χ4n) is 2.72. The molecule has 1 aliphatic rings. The SMILES string of the molecule is CC(C)c1nnc2sc(CCC(=O)NC3CCCC3)nn12. The number of hydrogen-bond acceptors (Lipinski definition) is 5. The highest BCUT2D eigenvalue weighted by molar-refractivity contribution is 7.16. The zero-order chi connectivity index (χ0) is 14.8. The van der Waals surface area contributed by atoms with Gasteiger partial charge >= 0.3 is 0 Å². The molecule has 1 aliphatic carbocycles. The van der Waals surface area contributed by atoms with Gasteiger partial charge in [0.25, 0.3) is 0 Å². The van der Waals surface area contributed by atoms with Gasteiger partial charge < -0.3 is 5.32 Å². The summed E-state index contributed by atoms with van der Waals surface area (Å²) in [5.41, 5.74) is 0. The van der Waals surface area contributed by atoms with Crippen molar-refractivity contribution in [1.82, 2.24) is 25.1 Å². The zero-order valence-electron chi connectivity index (χ0n) is 12.5. The summed E-state index contributed by atoms with van der Waals surface area (Å²) < 4.78 is 1.81. The molecule has 1 N–H and O–H groups in total. The molecule has 21 heavy (non-hydrogen) atoms. The van der Waals surface area contributed by atoms with Crippen LogP contribution in [0.3, 0.4) is 0 Å². The first-order chi connectivity index (χ1) is 10.1. The van der Waals surface area contributed by atoms with E-state index in [2.05, 4.69) is 34.5 Å². The van der Waals surface area contributed by atoms with Crippen LogP contribution < -0.4 is 5.32 Å². The molecule has 0 unspecified atom stereocenters. The number of rotatable bonds is 5. The van der Waals surface area contributed by atoms with Crippen LogP contribution in [0.2, 0.25) is 0 Å². The first-order valence-electron chi connectivity index (χ1n) is 7.64. The van der Waals surface area contributed by atoms with E-state index >= 15 is 0 Å². The Bertz CT molecular complexity index is 626. The number of nitrogens with one attached hydrogen (secondary N) is 1. The van der Waals surface area contributed by atoms with Crippen molar-refractivity contribution in [2.75, 3.05) is 0 Å². The van der Waals surface area contributed by atoms with E-state index in [1.165, 1.54) is 24.2 Å². The number of carbonyl (C=O) groups excluding carboxylic acids is 1. The summed E-state index contributed by atoms with van der Waals surface area (Å²) in [6, 6.07) is 0.392. The highest BCUT2D eigenvalue weighted by Crippen LogP contribution is 2.20. The van der Waals surface area contributed by atoms with Gasteiger partial charge in [0.05, 0.1) is 0 Å². The molecule has 0 aromatic carbocycles. The average molecular weight is 307 g/mol. The molecule has 114 valence electrons. The Hall–Kier alpha value is -1.50. The lowest BCUT2D eigenvalue weighted by Gasteiger charge is -2.10. The monoisotopic (exact) mass is 307 g/mol. The Labute approximate surface area is 128 Å². The summed E-state index contributed by atoms with van der Waals surface area (Å²) in [5.74, 6) is 1.31. The van der Waals surface area contributed by atoms with Gasteiger partial charge in [0.1, 0.15) is 5.01 Å². The summed E-state index contributed by atoms with van der Waals surface area (Å²) in [6.07, 6.45) is 5.89. The van der Waals surface area contributed by atoms with E-state index in [1.807, 2.05) is 0 Å². The third-order valence-corrected chi connectivity index (χ3v) is 4.82. The first-order valence-corrected chi connectivity index (χ1v) is 8.45. The number of carbonyl (C=O) groups is 1. The lowest BCUT2D eigenvalue weighted by Crippen LogP contribution is -2.32. The number of aromatic nitrogens is 4. The van der Waals surface area contributed by atoms with Crippen LogP contribution in [0.25, 0.3) is 4.96 Å². The highest BCUT2D eigenvalue weighted by atomic mass is 32.1. The Morgan fingerprint density at radius 3 is 2.86 bits per heavy atom. The predicted octanol–water partition coefficient (Wildman–Crippen LogP) is 2.30. The van der Waals surface area contributed by atoms with Crippen LogP contribution >= 0.6 is 11.3 Å². The second-order valence-corrected chi connectivity index (χ2v) is 6.99. The molecule has 0 bridgehead atoms. The summed E-state index contributed by atoms with van der Waals surface area (Å²) in [6.45, 7) is 4.15. The van der Waals surface area contributed by atoms with Gasteiger partial charge in [-0.2, -0.15) is 9.61 Å². The van der Waals surface area contributed by atoms with Gasteiger partial charge in [-0.25, -0.2) is 0 Å². The molecule has 1 amide bonds. The van der Waals surface area contributed by atoms with Crippen LogP contribution in [-0.4, -0.2) is 31.8 Å². The molecule has 0 spiro atoms. The van der Waals surface area contributed by atoms with Crippen molar-refractivity contribution in [2.24, 2.45) is 0 Å². The molecule has 6 nitrogen and oxygen atoms in total. The summed E-state index contributed by atoms with van der Waals surface area (Å²) in [4.78, 5) is 12.7. The first kappa shape index (κ1) is 14.4. The van der Waals surface area contributed by atoms with Crippen molar-refractivity contribution >= 4 is 22.2 Å². The smallest absolute Gasteiger partial charge is 0.234 e. The van der Waals surface area contributed by atoms with Crippen LogP contribution in [0.1, 0.15) is 62.7 Å². The molecule has 2 aromatic heterocycles. The molecule has 1 saturated carbocycles. The second kappa shape index (κ2) is 6.09.